The van der Waals surface area contributed by atoms with Crippen molar-refractivity contribution in [3.63, 3.8) is 0 Å². The van der Waals surface area contributed by atoms with Gasteiger partial charge in [-0.2, -0.15) is 11.8 Å². The molecule has 1 aliphatic heterocycles. The Labute approximate surface area is 113 Å². The number of halogens is 1. The third-order valence-electron chi connectivity index (χ3n) is 3.43. The Balaban J connectivity index is 2.17. The van der Waals surface area contributed by atoms with Gasteiger partial charge in [0.1, 0.15) is 5.82 Å². The Hall–Kier alpha value is -0.740. The van der Waals surface area contributed by atoms with Gasteiger partial charge in [0.2, 0.25) is 0 Å². The molecule has 2 N–H and O–H groups in total. The van der Waals surface area contributed by atoms with Crippen LogP contribution in [0.4, 0.5) is 10.1 Å². The van der Waals surface area contributed by atoms with Crippen molar-refractivity contribution in [3.05, 3.63) is 29.6 Å². The predicted octanol–water partition coefficient (Wildman–Crippen LogP) is 3.18. The van der Waals surface area contributed by atoms with E-state index in [9.17, 15) is 4.39 Å². The van der Waals surface area contributed by atoms with E-state index in [2.05, 4.69) is 11.8 Å². The topological polar surface area (TPSA) is 29.3 Å². The normalized spacial score (nSPS) is 22.0. The highest BCUT2D eigenvalue weighted by molar-refractivity contribution is 8.00. The summed E-state index contributed by atoms with van der Waals surface area (Å²) in [5.74, 6) is 0.930. The molecule has 1 heterocycles. The number of rotatable bonds is 3. The minimum Gasteiger partial charge on any atom is -0.367 e. The van der Waals surface area contributed by atoms with Crippen molar-refractivity contribution in [2.45, 2.75) is 31.6 Å². The third kappa shape index (κ3) is 2.98. The quantitative estimate of drug-likeness (QED) is 0.913. The SMILES string of the molecule is CCC1CN(c2ccc([C@H](C)N)cc2F)CCS1. The lowest BCUT2D eigenvalue weighted by Crippen LogP contribution is -2.38. The van der Waals surface area contributed by atoms with Crippen molar-refractivity contribution in [1.29, 1.82) is 0 Å². The number of nitrogens with zero attached hydrogens (tertiary/aromatic N) is 1. The molecular formula is C14H21FN2S. The Bertz CT molecular complexity index is 409. The van der Waals surface area contributed by atoms with Gasteiger partial charge in [-0.05, 0) is 31.0 Å². The van der Waals surface area contributed by atoms with E-state index in [0.29, 0.717) is 5.25 Å². The molecule has 100 valence electrons. The van der Waals surface area contributed by atoms with E-state index >= 15 is 0 Å². The molecule has 2 atom stereocenters. The lowest BCUT2D eigenvalue weighted by molar-refractivity contribution is 0.608. The Kier molecular flexibility index (Phi) is 4.51. The maximum absolute atomic E-state index is 14.1. The fourth-order valence-electron chi connectivity index (χ4n) is 2.25. The van der Waals surface area contributed by atoms with Crippen LogP contribution in [0.25, 0.3) is 0 Å². The number of thioether (sulfide) groups is 1. The maximum atomic E-state index is 14.1. The van der Waals surface area contributed by atoms with Gasteiger partial charge in [0, 0.05) is 30.1 Å². The second-order valence-electron chi connectivity index (χ2n) is 4.85. The molecule has 0 saturated carbocycles. The van der Waals surface area contributed by atoms with Gasteiger partial charge in [-0.3, -0.25) is 0 Å². The zero-order chi connectivity index (χ0) is 13.1. The van der Waals surface area contributed by atoms with Crippen LogP contribution in [0.15, 0.2) is 18.2 Å². The third-order valence-corrected chi connectivity index (χ3v) is 4.80. The molecule has 1 unspecified atom stereocenters. The zero-order valence-corrected chi connectivity index (χ0v) is 11.8. The molecule has 4 heteroatoms. The fourth-order valence-corrected chi connectivity index (χ4v) is 3.43. The van der Waals surface area contributed by atoms with Crippen molar-refractivity contribution >= 4 is 17.4 Å². The van der Waals surface area contributed by atoms with Gasteiger partial charge in [-0.25, -0.2) is 4.39 Å². The predicted molar refractivity (Wildman–Crippen MR) is 77.8 cm³/mol. The van der Waals surface area contributed by atoms with E-state index in [1.165, 1.54) is 0 Å². The van der Waals surface area contributed by atoms with Crippen LogP contribution in [0.5, 0.6) is 0 Å². The van der Waals surface area contributed by atoms with Crippen molar-refractivity contribution in [1.82, 2.24) is 0 Å². The van der Waals surface area contributed by atoms with E-state index in [-0.39, 0.29) is 11.9 Å². The Morgan fingerprint density at radius 2 is 2.33 bits per heavy atom. The summed E-state index contributed by atoms with van der Waals surface area (Å²) >= 11 is 1.99. The fraction of sp³-hybridized carbons (Fsp3) is 0.571. The first-order chi connectivity index (χ1) is 8.61. The summed E-state index contributed by atoms with van der Waals surface area (Å²) in [6.45, 7) is 5.93. The first-order valence-electron chi connectivity index (χ1n) is 6.53. The van der Waals surface area contributed by atoms with E-state index in [1.54, 1.807) is 6.07 Å². The van der Waals surface area contributed by atoms with Crippen LogP contribution in [0, 0.1) is 5.82 Å². The summed E-state index contributed by atoms with van der Waals surface area (Å²) < 4.78 is 14.1. The van der Waals surface area contributed by atoms with Crippen LogP contribution < -0.4 is 10.6 Å². The van der Waals surface area contributed by atoms with Gasteiger partial charge < -0.3 is 10.6 Å². The van der Waals surface area contributed by atoms with E-state index in [0.717, 1.165) is 36.5 Å². The van der Waals surface area contributed by atoms with Crippen LogP contribution >= 0.6 is 11.8 Å². The van der Waals surface area contributed by atoms with E-state index in [1.807, 2.05) is 30.8 Å². The van der Waals surface area contributed by atoms with Crippen LogP contribution in [-0.4, -0.2) is 24.1 Å². The van der Waals surface area contributed by atoms with Gasteiger partial charge >= 0.3 is 0 Å². The summed E-state index contributed by atoms with van der Waals surface area (Å²) in [6, 6.07) is 5.26. The number of anilines is 1. The molecule has 0 aromatic heterocycles. The molecule has 0 spiro atoms. The molecule has 2 rings (SSSR count). The highest BCUT2D eigenvalue weighted by Crippen LogP contribution is 2.28. The standard InChI is InChI=1S/C14H21FN2S/c1-3-12-9-17(6-7-18-12)14-5-4-11(10(2)16)8-13(14)15/h4-5,8,10,12H,3,6-7,9,16H2,1-2H3/t10-,12?/m0/s1. The molecule has 1 aromatic carbocycles. The van der Waals surface area contributed by atoms with Gasteiger partial charge in [0.05, 0.1) is 5.69 Å². The summed E-state index contributed by atoms with van der Waals surface area (Å²) in [4.78, 5) is 2.16. The highest BCUT2D eigenvalue weighted by atomic mass is 32.2. The lowest BCUT2D eigenvalue weighted by atomic mass is 10.1. The first-order valence-corrected chi connectivity index (χ1v) is 7.58. The van der Waals surface area contributed by atoms with Crippen molar-refractivity contribution in [3.8, 4) is 0 Å². The van der Waals surface area contributed by atoms with Crippen molar-refractivity contribution < 1.29 is 4.39 Å². The van der Waals surface area contributed by atoms with Crippen LogP contribution in [0.1, 0.15) is 31.9 Å². The molecule has 1 saturated heterocycles. The Morgan fingerprint density at radius 1 is 1.56 bits per heavy atom. The molecule has 0 bridgehead atoms. The van der Waals surface area contributed by atoms with Crippen LogP contribution in [0.2, 0.25) is 0 Å². The van der Waals surface area contributed by atoms with Crippen LogP contribution in [0.3, 0.4) is 0 Å². The average molecular weight is 268 g/mol. The van der Waals surface area contributed by atoms with Crippen LogP contribution in [-0.2, 0) is 0 Å². The molecule has 1 aliphatic rings. The molecule has 1 aromatic rings. The van der Waals surface area contributed by atoms with Gasteiger partial charge in [-0.1, -0.05) is 13.0 Å². The van der Waals surface area contributed by atoms with Crippen molar-refractivity contribution in [2.75, 3.05) is 23.7 Å². The monoisotopic (exact) mass is 268 g/mol. The second-order valence-corrected chi connectivity index (χ2v) is 6.25. The summed E-state index contributed by atoms with van der Waals surface area (Å²) in [6.07, 6.45) is 1.14. The summed E-state index contributed by atoms with van der Waals surface area (Å²) in [5, 5.41) is 0.617. The van der Waals surface area contributed by atoms with Crippen molar-refractivity contribution in [2.24, 2.45) is 5.73 Å². The van der Waals surface area contributed by atoms with E-state index in [4.69, 9.17) is 5.73 Å². The molecule has 18 heavy (non-hydrogen) atoms. The smallest absolute Gasteiger partial charge is 0.146 e. The molecule has 0 amide bonds. The number of benzene rings is 1. The zero-order valence-electron chi connectivity index (χ0n) is 11.0. The van der Waals surface area contributed by atoms with Gasteiger partial charge in [0.15, 0.2) is 0 Å². The molecular weight excluding hydrogens is 247 g/mol. The summed E-state index contributed by atoms with van der Waals surface area (Å²) in [5.41, 5.74) is 7.35. The number of hydrogen-bond acceptors (Lipinski definition) is 3. The molecule has 1 fully saturated rings. The van der Waals surface area contributed by atoms with E-state index < -0.39 is 0 Å². The second kappa shape index (κ2) is 5.93. The largest absolute Gasteiger partial charge is 0.367 e. The first kappa shape index (κ1) is 13.7. The lowest BCUT2D eigenvalue weighted by Gasteiger charge is -2.34. The number of hydrogen-bond donors (Lipinski definition) is 1. The summed E-state index contributed by atoms with van der Waals surface area (Å²) in [7, 11) is 0. The highest BCUT2D eigenvalue weighted by Gasteiger charge is 2.21. The molecule has 2 nitrogen and oxygen atoms in total. The minimum absolute atomic E-state index is 0.117. The van der Waals surface area contributed by atoms with Gasteiger partial charge in [-0.15, -0.1) is 0 Å². The minimum atomic E-state index is -0.147. The average Bonchev–Trinajstić information content (AvgIpc) is 2.38. The molecule has 0 aliphatic carbocycles. The maximum Gasteiger partial charge on any atom is 0.146 e. The Morgan fingerprint density at radius 3 is 2.94 bits per heavy atom. The molecule has 0 radical (unpaired) electrons. The number of nitrogens with two attached hydrogens (primary N) is 1. The van der Waals surface area contributed by atoms with Gasteiger partial charge in [0.25, 0.3) is 0 Å².